The van der Waals surface area contributed by atoms with Crippen molar-refractivity contribution in [3.8, 4) is 0 Å². The fraction of sp³-hybridized carbons (Fsp3) is 0.600. The predicted molar refractivity (Wildman–Crippen MR) is 78.1 cm³/mol. The summed E-state index contributed by atoms with van der Waals surface area (Å²) in [5.74, 6) is 0. The van der Waals surface area contributed by atoms with Crippen molar-refractivity contribution in [1.82, 2.24) is 0 Å². The zero-order valence-corrected chi connectivity index (χ0v) is 11.7. The summed E-state index contributed by atoms with van der Waals surface area (Å²) in [6, 6.07) is 6.58. The molecule has 0 heterocycles. The molecule has 0 aliphatic heterocycles. The van der Waals surface area contributed by atoms with E-state index in [-0.39, 0.29) is 0 Å². The SMILES string of the molecule is CCCCCCNc1ccc(C)c(N(C)C)c1. The van der Waals surface area contributed by atoms with E-state index in [0.29, 0.717) is 0 Å². The van der Waals surface area contributed by atoms with Gasteiger partial charge < -0.3 is 10.2 Å². The number of hydrogen-bond acceptors (Lipinski definition) is 2. The van der Waals surface area contributed by atoms with Gasteiger partial charge in [0, 0.05) is 32.0 Å². The molecule has 0 aliphatic carbocycles. The highest BCUT2D eigenvalue weighted by molar-refractivity contribution is 5.61. The van der Waals surface area contributed by atoms with Gasteiger partial charge in [-0.2, -0.15) is 0 Å². The molecule has 0 spiro atoms. The van der Waals surface area contributed by atoms with E-state index in [9.17, 15) is 0 Å². The molecule has 0 saturated carbocycles. The van der Waals surface area contributed by atoms with Crippen molar-refractivity contribution in [2.24, 2.45) is 0 Å². The van der Waals surface area contributed by atoms with Crippen LogP contribution in [0.4, 0.5) is 11.4 Å². The predicted octanol–water partition coefficient (Wildman–Crippen LogP) is 4.05. The van der Waals surface area contributed by atoms with Crippen LogP contribution in [0.15, 0.2) is 18.2 Å². The van der Waals surface area contributed by atoms with Gasteiger partial charge in [-0.1, -0.05) is 32.3 Å². The summed E-state index contributed by atoms with van der Waals surface area (Å²) in [6.07, 6.45) is 5.24. The largest absolute Gasteiger partial charge is 0.385 e. The van der Waals surface area contributed by atoms with Crippen LogP contribution in [0.5, 0.6) is 0 Å². The molecule has 1 N–H and O–H groups in total. The van der Waals surface area contributed by atoms with Crippen LogP contribution in [0.3, 0.4) is 0 Å². The molecule has 0 unspecified atom stereocenters. The van der Waals surface area contributed by atoms with E-state index >= 15 is 0 Å². The third-order valence-electron chi connectivity index (χ3n) is 3.05. The maximum Gasteiger partial charge on any atom is 0.0411 e. The summed E-state index contributed by atoms with van der Waals surface area (Å²) in [4.78, 5) is 2.16. The average molecular weight is 234 g/mol. The molecular weight excluding hydrogens is 208 g/mol. The Bertz CT molecular complexity index is 332. The van der Waals surface area contributed by atoms with Gasteiger partial charge in [-0.25, -0.2) is 0 Å². The zero-order valence-electron chi connectivity index (χ0n) is 11.7. The monoisotopic (exact) mass is 234 g/mol. The maximum atomic E-state index is 3.50. The molecule has 0 saturated heterocycles. The summed E-state index contributed by atoms with van der Waals surface area (Å²) in [7, 11) is 4.18. The van der Waals surface area contributed by atoms with Crippen LogP contribution in [0.1, 0.15) is 38.2 Å². The lowest BCUT2D eigenvalue weighted by atomic mass is 10.1. The Kier molecular flexibility index (Phi) is 5.88. The van der Waals surface area contributed by atoms with Gasteiger partial charge >= 0.3 is 0 Å². The summed E-state index contributed by atoms with van der Waals surface area (Å²) < 4.78 is 0. The number of hydrogen-bond donors (Lipinski definition) is 1. The highest BCUT2D eigenvalue weighted by Gasteiger charge is 2.01. The van der Waals surface area contributed by atoms with Crippen LogP contribution in [0, 0.1) is 6.92 Å². The van der Waals surface area contributed by atoms with E-state index < -0.39 is 0 Å². The first-order valence-electron chi connectivity index (χ1n) is 6.67. The minimum atomic E-state index is 1.08. The van der Waals surface area contributed by atoms with Crippen molar-refractivity contribution < 1.29 is 0 Å². The van der Waals surface area contributed by atoms with E-state index in [1.54, 1.807) is 0 Å². The summed E-state index contributed by atoms with van der Waals surface area (Å²) in [5.41, 5.74) is 3.85. The van der Waals surface area contributed by atoms with Crippen molar-refractivity contribution in [2.45, 2.75) is 39.5 Å². The maximum absolute atomic E-state index is 3.50. The Balaban J connectivity index is 2.46. The van der Waals surface area contributed by atoms with Gasteiger partial charge in [0.25, 0.3) is 0 Å². The molecule has 2 nitrogen and oxygen atoms in total. The molecule has 0 amide bonds. The number of nitrogens with zero attached hydrogens (tertiary/aromatic N) is 1. The Morgan fingerprint density at radius 1 is 1.12 bits per heavy atom. The van der Waals surface area contributed by atoms with E-state index in [1.165, 1.54) is 42.6 Å². The van der Waals surface area contributed by atoms with Crippen molar-refractivity contribution >= 4 is 11.4 Å². The van der Waals surface area contributed by atoms with E-state index in [0.717, 1.165) is 6.54 Å². The van der Waals surface area contributed by atoms with Crippen molar-refractivity contribution in [3.63, 3.8) is 0 Å². The number of benzene rings is 1. The van der Waals surface area contributed by atoms with Crippen molar-refractivity contribution in [3.05, 3.63) is 23.8 Å². The number of aryl methyl sites for hydroxylation is 1. The summed E-state index contributed by atoms with van der Waals surface area (Å²) in [6.45, 7) is 5.48. The first kappa shape index (κ1) is 13.9. The van der Waals surface area contributed by atoms with Crippen LogP contribution in [0.2, 0.25) is 0 Å². The molecule has 17 heavy (non-hydrogen) atoms. The number of anilines is 2. The normalized spacial score (nSPS) is 10.4. The number of nitrogens with one attached hydrogen (secondary N) is 1. The first-order valence-corrected chi connectivity index (χ1v) is 6.67. The van der Waals surface area contributed by atoms with Gasteiger partial charge in [0.1, 0.15) is 0 Å². The lowest BCUT2D eigenvalue weighted by molar-refractivity contribution is 0.685. The van der Waals surface area contributed by atoms with Crippen LogP contribution in [0.25, 0.3) is 0 Å². The quantitative estimate of drug-likeness (QED) is 0.716. The molecule has 0 fully saturated rings. The van der Waals surface area contributed by atoms with Gasteiger partial charge in [-0.05, 0) is 31.0 Å². The van der Waals surface area contributed by atoms with Crippen LogP contribution >= 0.6 is 0 Å². The second-order valence-corrected chi connectivity index (χ2v) is 4.88. The first-order chi connectivity index (χ1) is 8.15. The minimum absolute atomic E-state index is 1.08. The topological polar surface area (TPSA) is 15.3 Å². The fourth-order valence-electron chi connectivity index (χ4n) is 1.99. The molecular formula is C15H26N2. The molecule has 1 aromatic rings. The van der Waals surface area contributed by atoms with Crippen LogP contribution in [-0.4, -0.2) is 20.6 Å². The molecule has 1 rings (SSSR count). The van der Waals surface area contributed by atoms with Gasteiger partial charge in [0.2, 0.25) is 0 Å². The molecule has 2 heteroatoms. The molecule has 96 valence electrons. The average Bonchev–Trinajstić information content (AvgIpc) is 2.30. The van der Waals surface area contributed by atoms with E-state index in [1.807, 2.05) is 0 Å². The Morgan fingerprint density at radius 3 is 2.53 bits per heavy atom. The lowest BCUT2D eigenvalue weighted by Gasteiger charge is -2.17. The Morgan fingerprint density at radius 2 is 1.88 bits per heavy atom. The minimum Gasteiger partial charge on any atom is -0.385 e. The molecule has 0 bridgehead atoms. The molecule has 0 aromatic heterocycles. The fourth-order valence-corrected chi connectivity index (χ4v) is 1.99. The standard InChI is InChI=1S/C15H26N2/c1-5-6-7-8-11-16-14-10-9-13(2)15(12-14)17(3)4/h9-10,12,16H,5-8,11H2,1-4H3. The number of rotatable bonds is 7. The van der Waals surface area contributed by atoms with Crippen LogP contribution < -0.4 is 10.2 Å². The molecule has 1 aromatic carbocycles. The van der Waals surface area contributed by atoms with Crippen molar-refractivity contribution in [2.75, 3.05) is 30.9 Å². The zero-order chi connectivity index (χ0) is 12.7. The molecule has 0 aliphatic rings. The summed E-state index contributed by atoms with van der Waals surface area (Å²) in [5, 5.41) is 3.50. The Hall–Kier alpha value is -1.18. The third-order valence-corrected chi connectivity index (χ3v) is 3.05. The van der Waals surface area contributed by atoms with Gasteiger partial charge in [0.15, 0.2) is 0 Å². The molecule has 0 atom stereocenters. The third kappa shape index (κ3) is 4.68. The second kappa shape index (κ2) is 7.21. The van der Waals surface area contributed by atoms with Crippen LogP contribution in [-0.2, 0) is 0 Å². The van der Waals surface area contributed by atoms with E-state index in [2.05, 4.69) is 56.4 Å². The van der Waals surface area contributed by atoms with Crippen molar-refractivity contribution in [1.29, 1.82) is 0 Å². The number of unbranched alkanes of at least 4 members (excludes halogenated alkanes) is 3. The van der Waals surface area contributed by atoms with Gasteiger partial charge in [-0.3, -0.25) is 0 Å². The highest BCUT2D eigenvalue weighted by Crippen LogP contribution is 2.22. The smallest absolute Gasteiger partial charge is 0.0411 e. The second-order valence-electron chi connectivity index (χ2n) is 4.88. The van der Waals surface area contributed by atoms with E-state index in [4.69, 9.17) is 0 Å². The lowest BCUT2D eigenvalue weighted by Crippen LogP contribution is -2.11. The highest BCUT2D eigenvalue weighted by atomic mass is 15.1. The molecule has 0 radical (unpaired) electrons. The Labute approximate surface area is 106 Å². The van der Waals surface area contributed by atoms with Gasteiger partial charge in [0.05, 0.1) is 0 Å². The summed E-state index contributed by atoms with van der Waals surface area (Å²) >= 11 is 0. The van der Waals surface area contributed by atoms with Gasteiger partial charge in [-0.15, -0.1) is 0 Å².